The van der Waals surface area contributed by atoms with Crippen molar-refractivity contribution in [1.29, 1.82) is 0 Å². The number of rotatable bonds is 2. The van der Waals surface area contributed by atoms with Crippen molar-refractivity contribution in [2.24, 2.45) is 0 Å². The highest BCUT2D eigenvalue weighted by atomic mass is 16.5. The minimum absolute atomic E-state index is 0.126. The summed E-state index contributed by atoms with van der Waals surface area (Å²) in [6, 6.07) is 5.06. The summed E-state index contributed by atoms with van der Waals surface area (Å²) < 4.78 is 5.68. The predicted octanol–water partition coefficient (Wildman–Crippen LogP) is 3.12. The van der Waals surface area contributed by atoms with Crippen molar-refractivity contribution in [3.63, 3.8) is 0 Å². The van der Waals surface area contributed by atoms with E-state index in [2.05, 4.69) is 0 Å². The highest BCUT2D eigenvalue weighted by molar-refractivity contribution is 5.66. The smallest absolute Gasteiger partial charge is 0.130 e. The monoisotopic (exact) mass is 522 g/mol. The van der Waals surface area contributed by atoms with Gasteiger partial charge in [-0.25, -0.2) is 0 Å². The average molecular weight is 523 g/mol. The van der Waals surface area contributed by atoms with Gasteiger partial charge >= 0.3 is 0 Å². The normalized spacial score (nSPS) is 24.2. The van der Waals surface area contributed by atoms with E-state index in [-0.39, 0.29) is 53.9 Å². The standard InChI is InChI=1S/C29H30O9/c30-12-1-2-14-17(7-12)19(33)10-22(36)27(14)29-18(32)4-3-15-25(21(35)11-23(37)28(15)29)16-5-6-38-24-9-13(31)8-20(34)26(16)24/h8-12,16,18,29-37H,1-7H2/t12?,16-,18?,29?/m1/s1. The molecule has 200 valence electrons. The Labute approximate surface area is 218 Å². The fourth-order valence-electron chi connectivity index (χ4n) is 6.79. The van der Waals surface area contributed by atoms with Crippen LogP contribution in [0.5, 0.6) is 40.2 Å². The molecule has 9 heteroatoms. The molecule has 0 aromatic heterocycles. The van der Waals surface area contributed by atoms with E-state index in [9.17, 15) is 40.9 Å². The molecule has 9 nitrogen and oxygen atoms in total. The van der Waals surface area contributed by atoms with Crippen molar-refractivity contribution in [2.75, 3.05) is 6.61 Å². The van der Waals surface area contributed by atoms with E-state index in [0.29, 0.717) is 70.4 Å². The van der Waals surface area contributed by atoms with E-state index in [1.54, 1.807) is 0 Å². The first-order valence-electron chi connectivity index (χ1n) is 12.8. The number of hydrogen-bond acceptors (Lipinski definition) is 9. The Morgan fingerprint density at radius 1 is 0.605 bits per heavy atom. The number of phenols is 6. The number of hydrogen-bond donors (Lipinski definition) is 8. The van der Waals surface area contributed by atoms with Crippen molar-refractivity contribution < 1.29 is 45.6 Å². The molecule has 0 spiro atoms. The molecule has 38 heavy (non-hydrogen) atoms. The van der Waals surface area contributed by atoms with Crippen LogP contribution in [0.25, 0.3) is 0 Å². The van der Waals surface area contributed by atoms with Crippen molar-refractivity contribution in [3.05, 3.63) is 63.2 Å². The minimum atomic E-state index is -0.968. The van der Waals surface area contributed by atoms with Gasteiger partial charge in [0.25, 0.3) is 0 Å². The van der Waals surface area contributed by atoms with Crippen molar-refractivity contribution in [1.82, 2.24) is 0 Å². The molecule has 8 N–H and O–H groups in total. The van der Waals surface area contributed by atoms with Crippen molar-refractivity contribution in [2.45, 2.75) is 62.6 Å². The van der Waals surface area contributed by atoms with Crippen LogP contribution in [0.4, 0.5) is 0 Å². The largest absolute Gasteiger partial charge is 0.508 e. The zero-order chi connectivity index (χ0) is 26.9. The Bertz CT molecular complexity index is 1450. The van der Waals surface area contributed by atoms with E-state index in [1.807, 2.05) is 0 Å². The second kappa shape index (κ2) is 8.89. The predicted molar refractivity (Wildman–Crippen MR) is 135 cm³/mol. The van der Waals surface area contributed by atoms with Crippen LogP contribution in [0.2, 0.25) is 0 Å². The lowest BCUT2D eigenvalue weighted by Gasteiger charge is -2.37. The van der Waals surface area contributed by atoms with E-state index < -0.39 is 24.0 Å². The summed E-state index contributed by atoms with van der Waals surface area (Å²) in [7, 11) is 0. The highest BCUT2D eigenvalue weighted by Gasteiger charge is 2.41. The van der Waals surface area contributed by atoms with Gasteiger partial charge in [-0.2, -0.15) is 0 Å². The van der Waals surface area contributed by atoms with E-state index in [0.717, 1.165) is 0 Å². The number of benzene rings is 3. The summed E-state index contributed by atoms with van der Waals surface area (Å²) in [4.78, 5) is 0. The van der Waals surface area contributed by atoms with Crippen LogP contribution in [0.15, 0.2) is 24.3 Å². The van der Waals surface area contributed by atoms with Gasteiger partial charge in [0.05, 0.1) is 18.8 Å². The van der Waals surface area contributed by atoms with Gasteiger partial charge in [0.2, 0.25) is 0 Å². The molecule has 0 radical (unpaired) electrons. The summed E-state index contributed by atoms with van der Waals surface area (Å²) in [6.45, 7) is 0.274. The molecule has 2 aliphatic carbocycles. The molecule has 1 heterocycles. The molecular weight excluding hydrogens is 492 g/mol. The number of aliphatic hydroxyl groups is 2. The van der Waals surface area contributed by atoms with Gasteiger partial charge < -0.3 is 45.6 Å². The Morgan fingerprint density at radius 3 is 2.00 bits per heavy atom. The second-order valence-electron chi connectivity index (χ2n) is 10.6. The van der Waals surface area contributed by atoms with Crippen LogP contribution in [0, 0.1) is 0 Å². The zero-order valence-corrected chi connectivity index (χ0v) is 20.6. The SMILES string of the molecule is Oc1cc(O)c2c(c1)OCC[C@@H]2c1c(O)cc(O)c2c1CCC(O)C2c1c(O)cc(O)c2c1CCC(O)C2. The Hall–Kier alpha value is -3.82. The van der Waals surface area contributed by atoms with E-state index in [4.69, 9.17) is 4.74 Å². The van der Waals surface area contributed by atoms with Crippen LogP contribution in [0.3, 0.4) is 0 Å². The molecule has 0 saturated heterocycles. The molecule has 4 atom stereocenters. The molecule has 3 unspecified atom stereocenters. The first kappa shape index (κ1) is 24.5. The summed E-state index contributed by atoms with van der Waals surface area (Å²) in [6.07, 6.45) is 0.442. The fourth-order valence-corrected chi connectivity index (χ4v) is 6.79. The first-order valence-corrected chi connectivity index (χ1v) is 12.8. The Morgan fingerprint density at radius 2 is 1.24 bits per heavy atom. The summed E-state index contributed by atoms with van der Waals surface area (Å²) in [5, 5.41) is 85.9. The van der Waals surface area contributed by atoms with Gasteiger partial charge in [-0.3, -0.25) is 0 Å². The molecule has 3 aliphatic rings. The number of phenolic OH excluding ortho intramolecular Hbond substituents is 6. The molecule has 3 aromatic rings. The molecule has 0 bridgehead atoms. The van der Waals surface area contributed by atoms with Crippen LogP contribution in [-0.2, 0) is 19.3 Å². The van der Waals surface area contributed by atoms with Crippen LogP contribution in [-0.4, -0.2) is 59.7 Å². The fraction of sp³-hybridized carbons (Fsp3) is 0.379. The van der Waals surface area contributed by atoms with Gasteiger partial charge in [-0.05, 0) is 43.2 Å². The quantitative estimate of drug-likeness (QED) is 0.252. The van der Waals surface area contributed by atoms with Gasteiger partial charge in [0, 0.05) is 70.3 Å². The molecular formula is C29H30O9. The van der Waals surface area contributed by atoms with Crippen LogP contribution < -0.4 is 4.74 Å². The summed E-state index contributed by atoms with van der Waals surface area (Å²) in [5.41, 5.74) is 3.44. The third kappa shape index (κ3) is 3.68. The van der Waals surface area contributed by atoms with Crippen LogP contribution >= 0.6 is 0 Å². The Kier molecular flexibility index (Phi) is 5.73. The maximum Gasteiger partial charge on any atom is 0.130 e. The van der Waals surface area contributed by atoms with E-state index in [1.165, 1.54) is 24.3 Å². The summed E-state index contributed by atoms with van der Waals surface area (Å²) >= 11 is 0. The average Bonchev–Trinajstić information content (AvgIpc) is 2.85. The molecule has 1 aliphatic heterocycles. The maximum atomic E-state index is 11.3. The summed E-state index contributed by atoms with van der Waals surface area (Å²) in [5.74, 6) is -2.13. The number of aliphatic hydroxyl groups excluding tert-OH is 2. The molecule has 0 amide bonds. The third-order valence-corrected chi connectivity index (χ3v) is 8.35. The number of aromatic hydroxyl groups is 6. The highest BCUT2D eigenvalue weighted by Crippen LogP contribution is 2.55. The van der Waals surface area contributed by atoms with Gasteiger partial charge in [-0.1, -0.05) is 0 Å². The maximum absolute atomic E-state index is 11.3. The lowest BCUT2D eigenvalue weighted by atomic mass is 9.69. The molecule has 6 rings (SSSR count). The second-order valence-corrected chi connectivity index (χ2v) is 10.6. The van der Waals surface area contributed by atoms with Crippen LogP contribution in [0.1, 0.15) is 70.0 Å². The Balaban J connectivity index is 1.58. The molecule has 0 saturated carbocycles. The van der Waals surface area contributed by atoms with Gasteiger partial charge in [0.15, 0.2) is 0 Å². The number of ether oxygens (including phenoxy) is 1. The third-order valence-electron chi connectivity index (χ3n) is 8.35. The van der Waals surface area contributed by atoms with Crippen molar-refractivity contribution in [3.8, 4) is 40.2 Å². The van der Waals surface area contributed by atoms with E-state index >= 15 is 0 Å². The lowest BCUT2D eigenvalue weighted by Crippen LogP contribution is -2.30. The topological polar surface area (TPSA) is 171 Å². The van der Waals surface area contributed by atoms with Gasteiger partial charge in [0.1, 0.15) is 40.2 Å². The minimum Gasteiger partial charge on any atom is -0.508 e. The first-order chi connectivity index (χ1) is 18.2. The zero-order valence-electron chi connectivity index (χ0n) is 20.6. The number of fused-ring (bicyclic) bond motifs is 3. The molecule has 3 aromatic carbocycles. The molecule has 0 fully saturated rings. The van der Waals surface area contributed by atoms with Gasteiger partial charge in [-0.15, -0.1) is 0 Å². The van der Waals surface area contributed by atoms with Crippen molar-refractivity contribution >= 4 is 0 Å². The lowest BCUT2D eigenvalue weighted by molar-refractivity contribution is 0.134.